The number of ether oxygens (including phenoxy) is 1. The van der Waals surface area contributed by atoms with E-state index in [0.717, 1.165) is 25.6 Å². The molecule has 1 aliphatic rings. The first kappa shape index (κ1) is 12.9. The average Bonchev–Trinajstić information content (AvgIpc) is 2.67. The highest BCUT2D eigenvalue weighted by molar-refractivity contribution is 4.85. The van der Waals surface area contributed by atoms with Gasteiger partial charge in [-0.2, -0.15) is 0 Å². The van der Waals surface area contributed by atoms with Gasteiger partial charge >= 0.3 is 0 Å². The van der Waals surface area contributed by atoms with Gasteiger partial charge in [0.2, 0.25) is 0 Å². The Morgan fingerprint density at radius 3 is 2.53 bits per heavy atom. The second-order valence-corrected chi connectivity index (χ2v) is 4.61. The van der Waals surface area contributed by atoms with Crippen molar-refractivity contribution in [3.63, 3.8) is 0 Å². The fraction of sp³-hybridized carbons (Fsp3) is 1.00. The maximum Gasteiger partial charge on any atom is 0.0711 e. The number of hydrogen-bond acceptors (Lipinski definition) is 3. The molecule has 2 unspecified atom stereocenters. The van der Waals surface area contributed by atoms with E-state index < -0.39 is 0 Å². The first-order valence-electron chi connectivity index (χ1n) is 6.17. The average molecular weight is 214 g/mol. The maximum absolute atomic E-state index is 5.36. The minimum Gasteiger partial charge on any atom is -0.380 e. The zero-order valence-corrected chi connectivity index (χ0v) is 10.6. The van der Waals surface area contributed by atoms with E-state index in [1.807, 2.05) is 0 Å². The Hall–Kier alpha value is -0.120. The Morgan fingerprint density at radius 2 is 2.07 bits per heavy atom. The summed E-state index contributed by atoms with van der Waals surface area (Å²) in [7, 11) is 4.04. The van der Waals surface area contributed by atoms with Gasteiger partial charge in [0, 0.05) is 32.3 Å². The molecule has 0 aromatic heterocycles. The number of hydrogen-bond donors (Lipinski definition) is 1. The van der Waals surface area contributed by atoms with E-state index >= 15 is 0 Å². The zero-order valence-electron chi connectivity index (χ0n) is 10.6. The standard InChI is InChI=1S/C12H26N2O/c1-5-11(6-2)14(3)9-10-7-12(15-4)8-13-10/h10-13H,5-9H2,1-4H3. The van der Waals surface area contributed by atoms with Crippen LogP contribution in [0.5, 0.6) is 0 Å². The molecule has 1 N–H and O–H groups in total. The van der Waals surface area contributed by atoms with Crippen LogP contribution in [0.1, 0.15) is 33.1 Å². The summed E-state index contributed by atoms with van der Waals surface area (Å²) in [6.07, 6.45) is 4.06. The van der Waals surface area contributed by atoms with Crippen molar-refractivity contribution in [2.24, 2.45) is 0 Å². The van der Waals surface area contributed by atoms with E-state index in [9.17, 15) is 0 Å². The number of likely N-dealkylation sites (N-methyl/N-ethyl adjacent to an activating group) is 1. The lowest BCUT2D eigenvalue weighted by molar-refractivity contribution is 0.115. The molecular weight excluding hydrogens is 188 g/mol. The molecule has 0 radical (unpaired) electrons. The monoisotopic (exact) mass is 214 g/mol. The molecule has 0 amide bonds. The number of rotatable bonds is 6. The van der Waals surface area contributed by atoms with Gasteiger partial charge in [0.15, 0.2) is 0 Å². The highest BCUT2D eigenvalue weighted by atomic mass is 16.5. The summed E-state index contributed by atoms with van der Waals surface area (Å²) in [5, 5.41) is 3.52. The number of methoxy groups -OCH3 is 1. The van der Waals surface area contributed by atoms with Gasteiger partial charge in [-0.15, -0.1) is 0 Å². The topological polar surface area (TPSA) is 24.5 Å². The van der Waals surface area contributed by atoms with E-state index in [-0.39, 0.29) is 0 Å². The molecule has 1 aliphatic heterocycles. The van der Waals surface area contributed by atoms with Crippen molar-refractivity contribution >= 4 is 0 Å². The fourth-order valence-electron chi connectivity index (χ4n) is 2.51. The molecule has 0 aromatic carbocycles. The molecule has 1 rings (SSSR count). The van der Waals surface area contributed by atoms with Crippen LogP contribution in [0, 0.1) is 0 Å². The summed E-state index contributed by atoms with van der Waals surface area (Å²) >= 11 is 0. The molecule has 0 aromatic rings. The summed E-state index contributed by atoms with van der Waals surface area (Å²) < 4.78 is 5.36. The second-order valence-electron chi connectivity index (χ2n) is 4.61. The molecular formula is C12H26N2O. The van der Waals surface area contributed by atoms with Crippen LogP contribution in [0.3, 0.4) is 0 Å². The minimum atomic E-state index is 0.421. The largest absolute Gasteiger partial charge is 0.380 e. The SMILES string of the molecule is CCC(CC)N(C)CC1CC(OC)CN1. The first-order chi connectivity index (χ1) is 7.21. The molecule has 0 aliphatic carbocycles. The minimum absolute atomic E-state index is 0.421. The molecule has 0 bridgehead atoms. The Morgan fingerprint density at radius 1 is 1.40 bits per heavy atom. The lowest BCUT2D eigenvalue weighted by Gasteiger charge is -2.28. The van der Waals surface area contributed by atoms with Gasteiger partial charge in [0.05, 0.1) is 6.10 Å². The molecule has 2 atom stereocenters. The van der Waals surface area contributed by atoms with Gasteiger partial charge in [-0.05, 0) is 26.3 Å². The van der Waals surface area contributed by atoms with Gasteiger partial charge < -0.3 is 15.0 Å². The quantitative estimate of drug-likeness (QED) is 0.725. The molecule has 90 valence electrons. The lowest BCUT2D eigenvalue weighted by atomic mass is 10.1. The van der Waals surface area contributed by atoms with Crippen molar-refractivity contribution in [3.8, 4) is 0 Å². The molecule has 1 saturated heterocycles. The predicted octanol–water partition coefficient (Wildman–Crippen LogP) is 1.48. The third-order valence-corrected chi connectivity index (χ3v) is 3.59. The molecule has 15 heavy (non-hydrogen) atoms. The normalized spacial score (nSPS) is 26.8. The van der Waals surface area contributed by atoms with Crippen molar-refractivity contribution in [2.75, 3.05) is 27.2 Å². The van der Waals surface area contributed by atoms with Gasteiger partial charge in [-0.1, -0.05) is 13.8 Å². The Labute approximate surface area is 94.2 Å². The van der Waals surface area contributed by atoms with Crippen molar-refractivity contribution < 1.29 is 4.74 Å². The molecule has 0 saturated carbocycles. The van der Waals surface area contributed by atoms with Crippen LogP contribution in [0.15, 0.2) is 0 Å². The molecule has 1 heterocycles. The van der Waals surface area contributed by atoms with Crippen molar-refractivity contribution in [1.29, 1.82) is 0 Å². The molecule has 0 spiro atoms. The van der Waals surface area contributed by atoms with Crippen LogP contribution < -0.4 is 5.32 Å². The summed E-state index contributed by atoms with van der Waals surface area (Å²) in [4.78, 5) is 2.48. The first-order valence-corrected chi connectivity index (χ1v) is 6.17. The van der Waals surface area contributed by atoms with Crippen LogP contribution in [0.25, 0.3) is 0 Å². The van der Waals surface area contributed by atoms with Gasteiger partial charge in [0.25, 0.3) is 0 Å². The predicted molar refractivity (Wildman–Crippen MR) is 64.2 cm³/mol. The highest BCUT2D eigenvalue weighted by Gasteiger charge is 2.25. The van der Waals surface area contributed by atoms with Crippen LogP contribution >= 0.6 is 0 Å². The second kappa shape index (κ2) is 6.46. The van der Waals surface area contributed by atoms with E-state index in [0.29, 0.717) is 12.1 Å². The summed E-state index contributed by atoms with van der Waals surface area (Å²) in [6, 6.07) is 1.34. The highest BCUT2D eigenvalue weighted by Crippen LogP contribution is 2.13. The van der Waals surface area contributed by atoms with Crippen molar-refractivity contribution in [2.45, 2.75) is 51.3 Å². The Balaban J connectivity index is 2.29. The number of nitrogens with zero attached hydrogens (tertiary/aromatic N) is 1. The van der Waals surface area contributed by atoms with Gasteiger partial charge in [-0.3, -0.25) is 0 Å². The van der Waals surface area contributed by atoms with E-state index in [4.69, 9.17) is 4.74 Å². The zero-order chi connectivity index (χ0) is 11.3. The maximum atomic E-state index is 5.36. The van der Waals surface area contributed by atoms with E-state index in [1.54, 1.807) is 7.11 Å². The smallest absolute Gasteiger partial charge is 0.0711 e. The summed E-state index contributed by atoms with van der Waals surface area (Å²) in [5.41, 5.74) is 0. The van der Waals surface area contributed by atoms with Crippen molar-refractivity contribution in [1.82, 2.24) is 10.2 Å². The Kier molecular flexibility index (Phi) is 5.58. The van der Waals surface area contributed by atoms with Crippen LogP contribution in [-0.4, -0.2) is 50.3 Å². The summed E-state index contributed by atoms with van der Waals surface area (Å²) in [5.74, 6) is 0. The van der Waals surface area contributed by atoms with E-state index in [1.165, 1.54) is 12.8 Å². The third kappa shape index (κ3) is 3.74. The van der Waals surface area contributed by atoms with Crippen LogP contribution in [-0.2, 0) is 4.74 Å². The Bertz CT molecular complexity index is 171. The molecule has 1 fully saturated rings. The van der Waals surface area contributed by atoms with Crippen molar-refractivity contribution in [3.05, 3.63) is 0 Å². The van der Waals surface area contributed by atoms with E-state index in [2.05, 4.69) is 31.1 Å². The van der Waals surface area contributed by atoms with Gasteiger partial charge in [0.1, 0.15) is 0 Å². The lowest BCUT2D eigenvalue weighted by Crippen LogP contribution is -2.40. The van der Waals surface area contributed by atoms with Gasteiger partial charge in [-0.25, -0.2) is 0 Å². The molecule has 3 nitrogen and oxygen atoms in total. The molecule has 3 heteroatoms. The fourth-order valence-corrected chi connectivity index (χ4v) is 2.51. The summed E-state index contributed by atoms with van der Waals surface area (Å²) in [6.45, 7) is 6.69. The van der Waals surface area contributed by atoms with Crippen LogP contribution in [0.4, 0.5) is 0 Å². The number of nitrogens with one attached hydrogen (secondary N) is 1. The third-order valence-electron chi connectivity index (χ3n) is 3.59. The van der Waals surface area contributed by atoms with Crippen LogP contribution in [0.2, 0.25) is 0 Å².